The second-order valence-electron chi connectivity index (χ2n) is 5.09. The maximum absolute atomic E-state index is 6.06. The molecular weight excluding hydrogens is 238 g/mol. The van der Waals surface area contributed by atoms with Gasteiger partial charge in [0.2, 0.25) is 0 Å². The largest absolute Gasteiger partial charge is 0.387 e. The Morgan fingerprint density at radius 3 is 3.00 bits per heavy atom. The highest BCUT2D eigenvalue weighted by Gasteiger charge is 2.40. The molecule has 0 bridgehead atoms. The Labute approximate surface area is 113 Å². The molecule has 1 aromatic rings. The quantitative estimate of drug-likeness (QED) is 0.831. The van der Waals surface area contributed by atoms with Crippen molar-refractivity contribution >= 4 is 5.84 Å². The molecule has 0 amide bonds. The molecule has 3 rings (SSSR count). The van der Waals surface area contributed by atoms with Crippen molar-refractivity contribution in [1.82, 2.24) is 15.2 Å². The SMILES string of the molecule is CC1=C(C)N(Cc2ccccn2)C2NCN=C(N)C12. The molecule has 5 nitrogen and oxygen atoms in total. The highest BCUT2D eigenvalue weighted by molar-refractivity contribution is 5.87. The first-order chi connectivity index (χ1) is 9.18. The van der Waals surface area contributed by atoms with Gasteiger partial charge in [-0.2, -0.15) is 0 Å². The molecule has 5 heteroatoms. The van der Waals surface area contributed by atoms with E-state index >= 15 is 0 Å². The van der Waals surface area contributed by atoms with Crippen LogP contribution < -0.4 is 11.1 Å². The summed E-state index contributed by atoms with van der Waals surface area (Å²) in [6, 6.07) is 6.01. The van der Waals surface area contributed by atoms with Gasteiger partial charge in [0.1, 0.15) is 5.84 Å². The zero-order valence-corrected chi connectivity index (χ0v) is 11.3. The molecule has 19 heavy (non-hydrogen) atoms. The lowest BCUT2D eigenvalue weighted by atomic mass is 9.97. The molecule has 0 aliphatic carbocycles. The second-order valence-corrected chi connectivity index (χ2v) is 5.09. The molecule has 0 saturated carbocycles. The Morgan fingerprint density at radius 1 is 1.42 bits per heavy atom. The number of hydrogen-bond donors (Lipinski definition) is 2. The van der Waals surface area contributed by atoms with E-state index in [2.05, 4.69) is 40.1 Å². The topological polar surface area (TPSA) is 66.5 Å². The van der Waals surface area contributed by atoms with E-state index in [1.807, 2.05) is 18.3 Å². The number of nitrogens with two attached hydrogens (primary N) is 1. The van der Waals surface area contributed by atoms with E-state index < -0.39 is 0 Å². The van der Waals surface area contributed by atoms with Crippen LogP contribution in [0.5, 0.6) is 0 Å². The number of aromatic nitrogens is 1. The van der Waals surface area contributed by atoms with Crippen LogP contribution >= 0.6 is 0 Å². The molecule has 0 saturated heterocycles. The summed E-state index contributed by atoms with van der Waals surface area (Å²) in [7, 11) is 0. The second kappa shape index (κ2) is 4.66. The minimum absolute atomic E-state index is 0.192. The number of amidine groups is 1. The summed E-state index contributed by atoms with van der Waals surface area (Å²) in [6.07, 6.45) is 2.04. The smallest absolute Gasteiger partial charge is 0.106 e. The van der Waals surface area contributed by atoms with Crippen LogP contribution in [-0.2, 0) is 6.54 Å². The van der Waals surface area contributed by atoms with Gasteiger partial charge in [-0.05, 0) is 31.6 Å². The summed E-state index contributed by atoms with van der Waals surface area (Å²) < 4.78 is 0. The monoisotopic (exact) mass is 257 g/mol. The van der Waals surface area contributed by atoms with Gasteiger partial charge in [0.15, 0.2) is 0 Å². The summed E-state index contributed by atoms with van der Waals surface area (Å²) in [5.74, 6) is 0.932. The number of fused-ring (bicyclic) bond motifs is 1. The van der Waals surface area contributed by atoms with Gasteiger partial charge >= 0.3 is 0 Å². The van der Waals surface area contributed by atoms with Crippen LogP contribution in [0.25, 0.3) is 0 Å². The van der Waals surface area contributed by atoms with Crippen molar-refractivity contribution in [3.63, 3.8) is 0 Å². The average molecular weight is 257 g/mol. The van der Waals surface area contributed by atoms with E-state index in [9.17, 15) is 0 Å². The van der Waals surface area contributed by atoms with Crippen LogP contribution in [0.1, 0.15) is 19.5 Å². The molecule has 2 atom stereocenters. The molecule has 3 heterocycles. The van der Waals surface area contributed by atoms with Crippen molar-refractivity contribution in [3.05, 3.63) is 41.4 Å². The van der Waals surface area contributed by atoms with Crippen molar-refractivity contribution in [2.75, 3.05) is 6.67 Å². The zero-order chi connectivity index (χ0) is 13.4. The van der Waals surface area contributed by atoms with Crippen molar-refractivity contribution in [2.24, 2.45) is 16.6 Å². The molecule has 1 aromatic heterocycles. The molecule has 2 aliphatic heterocycles. The number of nitrogens with zero attached hydrogens (tertiary/aromatic N) is 3. The molecule has 0 aromatic carbocycles. The van der Waals surface area contributed by atoms with Crippen molar-refractivity contribution < 1.29 is 0 Å². The van der Waals surface area contributed by atoms with Gasteiger partial charge < -0.3 is 10.6 Å². The van der Waals surface area contributed by atoms with Gasteiger partial charge in [0, 0.05) is 11.9 Å². The highest BCUT2D eigenvalue weighted by atomic mass is 15.3. The van der Waals surface area contributed by atoms with Gasteiger partial charge in [-0.1, -0.05) is 6.07 Å². The number of rotatable bonds is 2. The van der Waals surface area contributed by atoms with Gasteiger partial charge in [0.25, 0.3) is 0 Å². The molecule has 2 unspecified atom stereocenters. The van der Waals surface area contributed by atoms with Gasteiger partial charge in [0.05, 0.1) is 31.0 Å². The summed E-state index contributed by atoms with van der Waals surface area (Å²) in [5.41, 5.74) is 9.70. The summed E-state index contributed by atoms with van der Waals surface area (Å²) in [4.78, 5) is 11.0. The number of pyridine rings is 1. The standard InChI is InChI=1S/C14H19N5/c1-9-10(2)19(7-11-5-3-4-6-16-11)14-12(9)13(15)17-8-18-14/h3-6,12,14,18H,7-8H2,1-2H3,(H2,15,17). The lowest BCUT2D eigenvalue weighted by Crippen LogP contribution is -2.52. The zero-order valence-electron chi connectivity index (χ0n) is 11.3. The minimum atomic E-state index is 0.192. The van der Waals surface area contributed by atoms with Gasteiger partial charge in [-0.25, -0.2) is 0 Å². The van der Waals surface area contributed by atoms with E-state index in [-0.39, 0.29) is 12.1 Å². The summed E-state index contributed by atoms with van der Waals surface area (Å²) >= 11 is 0. The van der Waals surface area contributed by atoms with Gasteiger partial charge in [-0.3, -0.25) is 15.3 Å². The molecule has 100 valence electrons. The number of nitrogens with one attached hydrogen (secondary N) is 1. The fourth-order valence-corrected chi connectivity index (χ4v) is 2.90. The molecule has 0 spiro atoms. The van der Waals surface area contributed by atoms with Crippen molar-refractivity contribution in [3.8, 4) is 0 Å². The molecule has 3 N–H and O–H groups in total. The number of aliphatic imine (C=N–C) groups is 1. The summed E-state index contributed by atoms with van der Waals surface area (Å²) in [6.45, 7) is 5.67. The first kappa shape index (κ1) is 12.2. The molecule has 0 radical (unpaired) electrons. The minimum Gasteiger partial charge on any atom is -0.387 e. The highest BCUT2D eigenvalue weighted by Crippen LogP contribution is 2.34. The number of hydrogen-bond acceptors (Lipinski definition) is 5. The Bertz CT molecular complexity index is 534. The average Bonchev–Trinajstić information content (AvgIpc) is 2.66. The normalized spacial score (nSPS) is 26.4. The Kier molecular flexibility index (Phi) is 2.98. The van der Waals surface area contributed by atoms with Crippen LogP contribution in [-0.4, -0.2) is 28.6 Å². The van der Waals surface area contributed by atoms with E-state index in [0.717, 1.165) is 18.1 Å². The van der Waals surface area contributed by atoms with E-state index in [0.29, 0.717) is 6.67 Å². The fraction of sp³-hybridized carbons (Fsp3) is 0.429. The third-order valence-electron chi connectivity index (χ3n) is 4.06. The van der Waals surface area contributed by atoms with E-state index in [1.165, 1.54) is 11.3 Å². The Hall–Kier alpha value is -1.88. The Morgan fingerprint density at radius 2 is 2.26 bits per heavy atom. The summed E-state index contributed by atoms with van der Waals surface area (Å²) in [5, 5.41) is 3.43. The predicted molar refractivity (Wildman–Crippen MR) is 75.1 cm³/mol. The lowest BCUT2D eigenvalue weighted by Gasteiger charge is -2.34. The van der Waals surface area contributed by atoms with Crippen molar-refractivity contribution in [1.29, 1.82) is 0 Å². The van der Waals surface area contributed by atoms with Crippen LogP contribution in [0, 0.1) is 5.92 Å². The first-order valence-corrected chi connectivity index (χ1v) is 6.55. The molecular formula is C14H19N5. The lowest BCUT2D eigenvalue weighted by molar-refractivity contribution is 0.205. The van der Waals surface area contributed by atoms with Crippen molar-refractivity contribution in [2.45, 2.75) is 26.6 Å². The fourth-order valence-electron chi connectivity index (χ4n) is 2.90. The van der Waals surface area contributed by atoms with E-state index in [1.54, 1.807) is 0 Å². The maximum atomic E-state index is 6.06. The van der Waals surface area contributed by atoms with Crippen LogP contribution in [0.3, 0.4) is 0 Å². The molecule has 0 fully saturated rings. The molecule has 2 aliphatic rings. The van der Waals surface area contributed by atoms with Crippen LogP contribution in [0.15, 0.2) is 40.7 Å². The Balaban J connectivity index is 1.88. The van der Waals surface area contributed by atoms with Crippen LogP contribution in [0.4, 0.5) is 0 Å². The maximum Gasteiger partial charge on any atom is 0.106 e. The van der Waals surface area contributed by atoms with Gasteiger partial charge in [-0.15, -0.1) is 0 Å². The third-order valence-corrected chi connectivity index (χ3v) is 4.06. The predicted octanol–water partition coefficient (Wildman–Crippen LogP) is 1.05. The van der Waals surface area contributed by atoms with E-state index in [4.69, 9.17) is 5.73 Å². The first-order valence-electron chi connectivity index (χ1n) is 6.55. The third kappa shape index (κ3) is 2.00. The number of allylic oxidation sites excluding steroid dienone is 1. The van der Waals surface area contributed by atoms with Crippen LogP contribution in [0.2, 0.25) is 0 Å².